The molecule has 0 saturated heterocycles. The number of hydrogen-bond acceptors (Lipinski definition) is 2. The van der Waals surface area contributed by atoms with Crippen molar-refractivity contribution in [3.05, 3.63) is 29.6 Å². The van der Waals surface area contributed by atoms with Crippen molar-refractivity contribution in [3.63, 3.8) is 0 Å². The molecule has 0 aliphatic carbocycles. The molecule has 4 heteroatoms. The summed E-state index contributed by atoms with van der Waals surface area (Å²) in [7, 11) is 0. The predicted molar refractivity (Wildman–Crippen MR) is 61.7 cm³/mol. The van der Waals surface area contributed by atoms with Gasteiger partial charge < -0.3 is 9.67 Å². The molecule has 0 unspecified atom stereocenters. The largest absolute Gasteiger partial charge is 0.478 e. The number of nitrogens with zero attached hydrogens (tertiary/aromatic N) is 2. The van der Waals surface area contributed by atoms with Crippen LogP contribution >= 0.6 is 0 Å². The lowest BCUT2D eigenvalue weighted by molar-refractivity contribution is 0.0698. The summed E-state index contributed by atoms with van der Waals surface area (Å²) in [5.74, 6) is 0.0362. The van der Waals surface area contributed by atoms with E-state index in [1.807, 2.05) is 24.5 Å². The van der Waals surface area contributed by atoms with E-state index in [4.69, 9.17) is 5.11 Å². The van der Waals surface area contributed by atoms with E-state index in [0.29, 0.717) is 5.56 Å². The molecule has 1 aromatic heterocycles. The molecule has 1 heterocycles. The van der Waals surface area contributed by atoms with Crippen LogP contribution in [0, 0.1) is 0 Å². The first kappa shape index (κ1) is 10.7. The van der Waals surface area contributed by atoms with E-state index in [1.54, 1.807) is 12.1 Å². The Morgan fingerprint density at radius 1 is 1.44 bits per heavy atom. The number of carboxylic acids is 1. The van der Waals surface area contributed by atoms with Gasteiger partial charge in [-0.3, -0.25) is 0 Å². The molecule has 2 rings (SSSR count). The Labute approximate surface area is 93.5 Å². The van der Waals surface area contributed by atoms with Gasteiger partial charge in [0.25, 0.3) is 0 Å². The predicted octanol–water partition coefficient (Wildman–Crippen LogP) is 2.32. The topological polar surface area (TPSA) is 55.1 Å². The van der Waals surface area contributed by atoms with Crippen molar-refractivity contribution in [1.82, 2.24) is 9.55 Å². The molecule has 1 aromatic carbocycles. The Kier molecular flexibility index (Phi) is 2.64. The van der Waals surface area contributed by atoms with Crippen LogP contribution in [0.4, 0.5) is 0 Å². The number of hydrogen-bond donors (Lipinski definition) is 1. The van der Waals surface area contributed by atoms with E-state index < -0.39 is 5.97 Å². The fraction of sp³-hybridized carbons (Fsp3) is 0.333. The maximum atomic E-state index is 11.1. The van der Waals surface area contributed by atoms with Crippen molar-refractivity contribution in [3.8, 4) is 0 Å². The molecule has 0 fully saturated rings. The van der Waals surface area contributed by atoms with Crippen molar-refractivity contribution < 1.29 is 9.90 Å². The second-order valence-electron chi connectivity index (χ2n) is 3.60. The Bertz CT molecular complexity index is 543. The first-order valence-electron chi connectivity index (χ1n) is 5.40. The lowest BCUT2D eigenvalue weighted by Crippen LogP contribution is -2.04. The summed E-state index contributed by atoms with van der Waals surface area (Å²) in [6.45, 7) is 4.76. The third-order valence-corrected chi connectivity index (χ3v) is 2.71. The zero-order valence-corrected chi connectivity index (χ0v) is 9.40. The van der Waals surface area contributed by atoms with Gasteiger partial charge in [0.05, 0.1) is 16.6 Å². The SMILES string of the molecule is CCc1nc2cccc(C(=O)O)c2n1CC. The second kappa shape index (κ2) is 3.96. The highest BCUT2D eigenvalue weighted by molar-refractivity contribution is 6.01. The molecule has 0 saturated carbocycles. The minimum Gasteiger partial charge on any atom is -0.478 e. The van der Waals surface area contributed by atoms with Crippen molar-refractivity contribution in [1.29, 1.82) is 0 Å². The Balaban J connectivity index is 2.84. The minimum absolute atomic E-state index is 0.326. The smallest absolute Gasteiger partial charge is 0.337 e. The van der Waals surface area contributed by atoms with Crippen molar-refractivity contribution >= 4 is 17.0 Å². The van der Waals surface area contributed by atoms with Crippen LogP contribution in [0.3, 0.4) is 0 Å². The molecule has 0 amide bonds. The number of para-hydroxylation sites is 1. The van der Waals surface area contributed by atoms with E-state index >= 15 is 0 Å². The second-order valence-corrected chi connectivity index (χ2v) is 3.60. The van der Waals surface area contributed by atoms with Gasteiger partial charge >= 0.3 is 5.97 Å². The fourth-order valence-electron chi connectivity index (χ4n) is 2.02. The molecule has 0 spiro atoms. The summed E-state index contributed by atoms with van der Waals surface area (Å²) < 4.78 is 1.97. The fourth-order valence-corrected chi connectivity index (χ4v) is 2.02. The summed E-state index contributed by atoms with van der Waals surface area (Å²) in [6, 6.07) is 5.21. The van der Waals surface area contributed by atoms with Gasteiger partial charge in [0, 0.05) is 13.0 Å². The highest BCUT2D eigenvalue weighted by Gasteiger charge is 2.15. The van der Waals surface area contributed by atoms with Crippen LogP contribution in [0.5, 0.6) is 0 Å². The van der Waals surface area contributed by atoms with Crippen molar-refractivity contribution in [2.24, 2.45) is 0 Å². The average molecular weight is 218 g/mol. The van der Waals surface area contributed by atoms with Crippen LogP contribution in [-0.2, 0) is 13.0 Å². The summed E-state index contributed by atoms with van der Waals surface area (Å²) in [6.07, 6.45) is 0.807. The van der Waals surface area contributed by atoms with E-state index in [9.17, 15) is 4.79 Å². The van der Waals surface area contributed by atoms with Crippen LogP contribution in [-0.4, -0.2) is 20.6 Å². The number of carboxylic acid groups (broad SMARTS) is 1. The quantitative estimate of drug-likeness (QED) is 0.860. The number of fused-ring (bicyclic) bond motifs is 1. The first-order chi connectivity index (χ1) is 7.69. The zero-order valence-electron chi connectivity index (χ0n) is 9.40. The molecular weight excluding hydrogens is 204 g/mol. The van der Waals surface area contributed by atoms with Gasteiger partial charge in [0.2, 0.25) is 0 Å². The van der Waals surface area contributed by atoms with Crippen molar-refractivity contribution in [2.75, 3.05) is 0 Å². The lowest BCUT2D eigenvalue weighted by atomic mass is 10.2. The summed E-state index contributed by atoms with van der Waals surface area (Å²) in [5.41, 5.74) is 1.82. The lowest BCUT2D eigenvalue weighted by Gasteiger charge is -2.05. The number of rotatable bonds is 3. The summed E-state index contributed by atoms with van der Waals surface area (Å²) in [5, 5.41) is 9.14. The Morgan fingerprint density at radius 3 is 2.75 bits per heavy atom. The molecule has 0 radical (unpaired) electrons. The third-order valence-electron chi connectivity index (χ3n) is 2.71. The molecule has 1 N–H and O–H groups in total. The highest BCUT2D eigenvalue weighted by Crippen LogP contribution is 2.21. The van der Waals surface area contributed by atoms with Gasteiger partial charge in [-0.2, -0.15) is 0 Å². The maximum absolute atomic E-state index is 11.1. The number of aromatic nitrogens is 2. The van der Waals surface area contributed by atoms with Gasteiger partial charge in [-0.15, -0.1) is 0 Å². The van der Waals surface area contributed by atoms with Gasteiger partial charge in [-0.05, 0) is 19.1 Å². The molecule has 0 bridgehead atoms. The average Bonchev–Trinajstić information content (AvgIpc) is 2.65. The van der Waals surface area contributed by atoms with Gasteiger partial charge in [-0.1, -0.05) is 13.0 Å². The number of imidazole rings is 1. The van der Waals surface area contributed by atoms with Crippen molar-refractivity contribution in [2.45, 2.75) is 26.8 Å². The number of aromatic carboxylic acids is 1. The third kappa shape index (κ3) is 1.46. The molecule has 4 nitrogen and oxygen atoms in total. The molecular formula is C12H14N2O2. The molecule has 16 heavy (non-hydrogen) atoms. The summed E-state index contributed by atoms with van der Waals surface area (Å²) in [4.78, 5) is 15.6. The van der Waals surface area contributed by atoms with E-state index in [0.717, 1.165) is 29.8 Å². The zero-order chi connectivity index (χ0) is 11.7. The standard InChI is InChI=1S/C12H14N2O2/c1-3-10-13-9-7-5-6-8(12(15)16)11(9)14(10)4-2/h5-7H,3-4H2,1-2H3,(H,15,16). The number of aryl methyl sites for hydroxylation is 2. The minimum atomic E-state index is -0.900. The highest BCUT2D eigenvalue weighted by atomic mass is 16.4. The van der Waals surface area contributed by atoms with E-state index in [1.165, 1.54) is 0 Å². The van der Waals surface area contributed by atoms with Crippen LogP contribution in [0.25, 0.3) is 11.0 Å². The molecule has 0 aliphatic rings. The maximum Gasteiger partial charge on any atom is 0.337 e. The Hall–Kier alpha value is -1.84. The van der Waals surface area contributed by atoms with Crippen LogP contribution in [0.15, 0.2) is 18.2 Å². The molecule has 2 aromatic rings. The molecule has 84 valence electrons. The number of benzene rings is 1. The Morgan fingerprint density at radius 2 is 2.19 bits per heavy atom. The normalized spacial score (nSPS) is 10.9. The summed E-state index contributed by atoms with van der Waals surface area (Å²) >= 11 is 0. The molecule has 0 aliphatic heterocycles. The van der Waals surface area contributed by atoms with Gasteiger partial charge in [0.15, 0.2) is 0 Å². The van der Waals surface area contributed by atoms with Crippen LogP contribution in [0.1, 0.15) is 30.0 Å². The van der Waals surface area contributed by atoms with Crippen LogP contribution in [0.2, 0.25) is 0 Å². The van der Waals surface area contributed by atoms with Gasteiger partial charge in [-0.25, -0.2) is 9.78 Å². The van der Waals surface area contributed by atoms with E-state index in [-0.39, 0.29) is 0 Å². The number of carbonyl (C=O) groups is 1. The van der Waals surface area contributed by atoms with E-state index in [2.05, 4.69) is 4.98 Å². The molecule has 0 atom stereocenters. The van der Waals surface area contributed by atoms with Crippen LogP contribution < -0.4 is 0 Å². The monoisotopic (exact) mass is 218 g/mol. The van der Waals surface area contributed by atoms with Gasteiger partial charge in [0.1, 0.15) is 5.82 Å². The first-order valence-corrected chi connectivity index (χ1v) is 5.40.